The van der Waals surface area contributed by atoms with Gasteiger partial charge in [0, 0.05) is 45.4 Å². The number of halogens is 2. The number of aromatic nitrogens is 2. The van der Waals surface area contributed by atoms with Crippen LogP contribution >= 0.6 is 0 Å². The molecule has 0 radical (unpaired) electrons. The van der Waals surface area contributed by atoms with E-state index < -0.39 is 66.3 Å². The summed E-state index contributed by atoms with van der Waals surface area (Å²) in [6.07, 6.45) is 4.63. The van der Waals surface area contributed by atoms with Crippen LogP contribution in [0.25, 0.3) is 0 Å². The van der Waals surface area contributed by atoms with E-state index >= 15 is 4.39 Å². The van der Waals surface area contributed by atoms with Crippen LogP contribution in [0.15, 0.2) is 30.5 Å². The Morgan fingerprint density at radius 1 is 1.00 bits per heavy atom. The van der Waals surface area contributed by atoms with Crippen molar-refractivity contribution >= 4 is 29.3 Å². The lowest BCUT2D eigenvalue weighted by Crippen LogP contribution is -2.59. The number of methoxy groups -OCH3 is 1. The summed E-state index contributed by atoms with van der Waals surface area (Å²) in [5.41, 5.74) is 0.707. The third-order valence-corrected chi connectivity index (χ3v) is 10.4. The predicted octanol–water partition coefficient (Wildman–Crippen LogP) is 2.95. The second kappa shape index (κ2) is 15.8. The first-order valence-electron chi connectivity index (χ1n) is 17.3. The van der Waals surface area contributed by atoms with E-state index in [-0.39, 0.29) is 18.2 Å². The van der Waals surface area contributed by atoms with Gasteiger partial charge >= 0.3 is 0 Å². The van der Waals surface area contributed by atoms with Crippen LogP contribution in [0.2, 0.25) is 0 Å². The first-order chi connectivity index (χ1) is 23.5. The molecule has 2 saturated carbocycles. The number of alkyl halides is 1. The molecule has 5 rings (SSSR count). The first-order valence-corrected chi connectivity index (χ1v) is 17.3. The van der Waals surface area contributed by atoms with Gasteiger partial charge in [-0.2, -0.15) is 5.10 Å². The third-order valence-electron chi connectivity index (χ3n) is 10.4. The summed E-state index contributed by atoms with van der Waals surface area (Å²) in [7, 11) is 3.18. The summed E-state index contributed by atoms with van der Waals surface area (Å²) in [6.45, 7) is 5.99. The van der Waals surface area contributed by atoms with Crippen molar-refractivity contribution in [2.45, 2.75) is 83.1 Å². The van der Waals surface area contributed by atoms with Gasteiger partial charge in [-0.25, -0.2) is 8.78 Å². The van der Waals surface area contributed by atoms with Crippen molar-refractivity contribution in [3.63, 3.8) is 0 Å². The van der Waals surface area contributed by atoms with Crippen LogP contribution in [0.5, 0.6) is 0 Å². The van der Waals surface area contributed by atoms with Crippen molar-refractivity contribution in [2.24, 2.45) is 17.8 Å². The summed E-state index contributed by atoms with van der Waals surface area (Å²) in [5, 5.41) is 12.6. The van der Waals surface area contributed by atoms with E-state index in [0.717, 1.165) is 25.7 Å². The molecule has 5 atom stereocenters. The number of ether oxygens (including phenoxy) is 1. The zero-order valence-corrected chi connectivity index (χ0v) is 29.0. The van der Waals surface area contributed by atoms with Gasteiger partial charge in [0.05, 0.1) is 11.7 Å². The lowest BCUT2D eigenvalue weighted by molar-refractivity contribution is -0.141. The highest BCUT2D eigenvalue weighted by atomic mass is 19.1. The molecule has 1 aliphatic heterocycles. The van der Waals surface area contributed by atoms with Crippen molar-refractivity contribution in [3.8, 4) is 0 Å². The number of hydrogen-bond donors (Lipinski definition) is 3. The van der Waals surface area contributed by atoms with Gasteiger partial charge in [0.15, 0.2) is 0 Å². The summed E-state index contributed by atoms with van der Waals surface area (Å²) >= 11 is 0. The number of carbonyl (C=O) groups is 4. The Morgan fingerprint density at radius 2 is 1.69 bits per heavy atom. The Morgan fingerprint density at radius 3 is 2.29 bits per heavy atom. The van der Waals surface area contributed by atoms with Gasteiger partial charge in [-0.1, -0.05) is 13.0 Å². The molecule has 1 aromatic heterocycles. The Kier molecular flexibility index (Phi) is 11.7. The van der Waals surface area contributed by atoms with Gasteiger partial charge in [0.1, 0.15) is 36.4 Å². The number of anilines is 1. The van der Waals surface area contributed by atoms with Crippen molar-refractivity contribution in [3.05, 3.63) is 47.5 Å². The molecule has 49 heavy (non-hydrogen) atoms. The van der Waals surface area contributed by atoms with E-state index in [0.29, 0.717) is 42.7 Å². The van der Waals surface area contributed by atoms with E-state index in [1.807, 2.05) is 11.8 Å². The molecule has 0 bridgehead atoms. The Hall–Kier alpha value is -3.91. The fraction of sp³-hybridized carbons (Fsp3) is 0.629. The number of carbonyl (C=O) groups excluding carboxylic acids is 4. The first kappa shape index (κ1) is 36.4. The van der Waals surface area contributed by atoms with Gasteiger partial charge in [0.25, 0.3) is 5.91 Å². The number of nitrogens with zero attached hydrogens (tertiary/aromatic N) is 4. The van der Waals surface area contributed by atoms with Crippen LogP contribution < -0.4 is 16.0 Å². The number of nitrogens with one attached hydrogen (secondary N) is 3. The van der Waals surface area contributed by atoms with Crippen LogP contribution in [-0.2, 0) is 25.7 Å². The average molecular weight is 686 g/mol. The molecule has 12 nitrogen and oxygen atoms in total. The molecule has 4 amide bonds. The van der Waals surface area contributed by atoms with Crippen molar-refractivity contribution in [2.75, 3.05) is 45.8 Å². The monoisotopic (exact) mass is 685 g/mol. The topological polar surface area (TPSA) is 138 Å². The van der Waals surface area contributed by atoms with E-state index in [4.69, 9.17) is 4.74 Å². The highest BCUT2D eigenvalue weighted by molar-refractivity contribution is 6.01. The zero-order chi connectivity index (χ0) is 35.4. The van der Waals surface area contributed by atoms with Crippen molar-refractivity contribution < 1.29 is 32.7 Å². The third kappa shape index (κ3) is 8.46. The molecular formula is C35H49F2N7O5. The minimum atomic E-state index is -1.08. The highest BCUT2D eigenvalue weighted by Gasteiger charge is 2.48. The number of amides is 4. The van der Waals surface area contributed by atoms with Crippen LogP contribution in [-0.4, -0.2) is 108 Å². The Labute approximate surface area is 286 Å². The van der Waals surface area contributed by atoms with Crippen LogP contribution in [0.3, 0.4) is 0 Å². The molecule has 14 heteroatoms. The van der Waals surface area contributed by atoms with Crippen LogP contribution in [0.4, 0.5) is 14.5 Å². The summed E-state index contributed by atoms with van der Waals surface area (Å²) < 4.78 is 36.2. The largest absolute Gasteiger partial charge is 0.372 e. The van der Waals surface area contributed by atoms with Gasteiger partial charge in [-0.05, 0) is 88.1 Å². The second-order valence-electron chi connectivity index (χ2n) is 13.7. The molecule has 3 fully saturated rings. The predicted molar refractivity (Wildman–Crippen MR) is 179 cm³/mol. The molecule has 2 heterocycles. The number of benzene rings is 1. The van der Waals surface area contributed by atoms with Crippen molar-refractivity contribution in [1.29, 1.82) is 0 Å². The molecule has 268 valence electrons. The van der Waals surface area contributed by atoms with Gasteiger partial charge in [-0.15, -0.1) is 0 Å². The molecule has 0 spiro atoms. The summed E-state index contributed by atoms with van der Waals surface area (Å²) in [4.78, 5) is 57.3. The summed E-state index contributed by atoms with van der Waals surface area (Å²) in [6, 6.07) is 3.48. The number of likely N-dealkylation sites (N-methyl/N-ethyl adjacent to an activating group) is 1. The second-order valence-corrected chi connectivity index (χ2v) is 13.7. The number of aryl methyl sites for hydroxylation is 1. The lowest BCUT2D eigenvalue weighted by Gasteiger charge is -2.40. The van der Waals surface area contributed by atoms with Crippen LogP contribution in [0.1, 0.15) is 68.4 Å². The lowest BCUT2D eigenvalue weighted by atomic mass is 9.88. The average Bonchev–Trinajstić information content (AvgIpc) is 4.05. The van der Waals surface area contributed by atoms with E-state index in [1.165, 1.54) is 24.1 Å². The zero-order valence-electron chi connectivity index (χ0n) is 29.0. The Bertz CT molecular complexity index is 1500. The molecule has 2 aliphatic carbocycles. The summed E-state index contributed by atoms with van der Waals surface area (Å²) in [5.74, 6) is -2.64. The number of hydrogen-bond acceptors (Lipinski definition) is 7. The molecule has 1 aromatic carbocycles. The van der Waals surface area contributed by atoms with E-state index in [2.05, 4.69) is 21.0 Å². The standard InChI is InChI=1S/C35H49F2N7O5/c1-6-44-28(13-14-38-44)33(46)41-31(29(22-7-8-22)23-9-10-23)34(47)39-27-12-11-24(17-26(27)37)20(2)30(40-32(45)21(3)49-5)35(48)43-16-15-42(4)25(18-36)19-43/h11-14,17,20-23,25,29-31H,6-10,15-16,18-19H2,1-5H3,(H,39,47)(H,40,45)(H,41,46)/t20-,21-,25-,30+,31-/m0/s1. The molecule has 2 aromatic rings. The van der Waals surface area contributed by atoms with Crippen molar-refractivity contribution in [1.82, 2.24) is 30.2 Å². The SMILES string of the molecule is CCn1nccc1C(=O)N[C@H](C(=O)Nc1ccc([C@H](C)[C@@H](NC(=O)[C@H](C)OC)C(=O)N2CCN(C)[C@@H](CF)C2)cc1F)C(C1CC1)C1CC1. The molecule has 3 aliphatic rings. The quantitative estimate of drug-likeness (QED) is 0.262. The maximum absolute atomic E-state index is 15.8. The van der Waals surface area contributed by atoms with Gasteiger partial charge in [0.2, 0.25) is 17.7 Å². The minimum absolute atomic E-state index is 0.0549. The molecule has 1 saturated heterocycles. The van der Waals surface area contributed by atoms with Gasteiger partial charge < -0.3 is 25.6 Å². The fourth-order valence-corrected chi connectivity index (χ4v) is 6.83. The number of piperazine rings is 1. The normalized spacial score (nSPS) is 20.7. The van der Waals surface area contributed by atoms with E-state index in [9.17, 15) is 23.6 Å². The highest BCUT2D eigenvalue weighted by Crippen LogP contribution is 2.51. The maximum Gasteiger partial charge on any atom is 0.270 e. The Balaban J connectivity index is 1.35. The van der Waals surface area contributed by atoms with E-state index in [1.54, 1.807) is 43.9 Å². The smallest absolute Gasteiger partial charge is 0.270 e. The molecule has 0 unspecified atom stereocenters. The van der Waals surface area contributed by atoms with Crippen LogP contribution in [0, 0.1) is 23.6 Å². The van der Waals surface area contributed by atoms with Gasteiger partial charge in [-0.3, -0.25) is 28.8 Å². The molecule has 3 N–H and O–H groups in total. The molecular weight excluding hydrogens is 636 g/mol. The maximum atomic E-state index is 15.8. The minimum Gasteiger partial charge on any atom is -0.372 e. The fourth-order valence-electron chi connectivity index (χ4n) is 6.83. The number of rotatable bonds is 15.